The highest BCUT2D eigenvalue weighted by molar-refractivity contribution is 7.87. The molecule has 8 nitrogen and oxygen atoms in total. The zero-order valence-corrected chi connectivity index (χ0v) is 17.2. The highest BCUT2D eigenvalue weighted by Gasteiger charge is 2.18. The molecule has 0 saturated heterocycles. The molecule has 0 spiro atoms. The average Bonchev–Trinajstić information content (AvgIpc) is 2.70. The van der Waals surface area contributed by atoms with Crippen LogP contribution in [0.3, 0.4) is 0 Å². The number of carboxylic acid groups (broad SMARTS) is 1. The number of carbonyl (C=O) groups is 1. The summed E-state index contributed by atoms with van der Waals surface area (Å²) in [4.78, 5) is 15.3. The zero-order chi connectivity index (χ0) is 21.3. The van der Waals surface area contributed by atoms with Crippen molar-refractivity contribution in [3.8, 4) is 11.6 Å². The summed E-state index contributed by atoms with van der Waals surface area (Å²) in [6.07, 6.45) is 1.52. The first-order valence-electron chi connectivity index (χ1n) is 9.26. The van der Waals surface area contributed by atoms with E-state index in [2.05, 4.69) is 4.98 Å². The second-order valence-electron chi connectivity index (χ2n) is 6.16. The maximum absolute atomic E-state index is 11.4. The minimum absolute atomic E-state index is 0.0863. The molecular formula is C20H25NO7S. The van der Waals surface area contributed by atoms with Crippen LogP contribution < -0.4 is 8.92 Å². The van der Waals surface area contributed by atoms with Gasteiger partial charge in [0.05, 0.1) is 12.4 Å². The summed E-state index contributed by atoms with van der Waals surface area (Å²) in [6.45, 7) is 3.98. The number of hydrogen-bond donors (Lipinski definition) is 1. The van der Waals surface area contributed by atoms with Crippen molar-refractivity contribution in [1.29, 1.82) is 0 Å². The maximum Gasteiger partial charge on any atom is 0.333 e. The van der Waals surface area contributed by atoms with E-state index in [0.29, 0.717) is 25.5 Å². The predicted octanol–water partition coefficient (Wildman–Crippen LogP) is 2.46. The highest BCUT2D eigenvalue weighted by Crippen LogP contribution is 2.16. The van der Waals surface area contributed by atoms with Crippen LogP contribution >= 0.6 is 0 Å². The first-order valence-corrected chi connectivity index (χ1v) is 10.8. The lowest BCUT2D eigenvalue weighted by molar-refractivity contribution is -0.149. The van der Waals surface area contributed by atoms with Crippen molar-refractivity contribution in [3.05, 3.63) is 53.7 Å². The molecule has 2 rings (SSSR count). The fraction of sp³-hybridized carbons (Fsp3) is 0.400. The third-order valence-corrected chi connectivity index (χ3v) is 5.16. The smallest absolute Gasteiger partial charge is 0.333 e. The molecule has 0 aliphatic carbocycles. The number of nitrogens with zero attached hydrogens (tertiary/aromatic N) is 1. The number of pyridine rings is 1. The molecule has 1 aromatic carbocycles. The van der Waals surface area contributed by atoms with Gasteiger partial charge >= 0.3 is 16.1 Å². The monoisotopic (exact) mass is 423 g/mol. The Labute approximate surface area is 170 Å². The molecule has 0 bridgehead atoms. The van der Waals surface area contributed by atoms with E-state index < -0.39 is 22.2 Å². The first-order chi connectivity index (χ1) is 13.8. The Morgan fingerprint density at radius 1 is 1.10 bits per heavy atom. The van der Waals surface area contributed by atoms with E-state index in [4.69, 9.17) is 18.8 Å². The van der Waals surface area contributed by atoms with Gasteiger partial charge in [-0.1, -0.05) is 18.2 Å². The van der Waals surface area contributed by atoms with Gasteiger partial charge in [-0.15, -0.1) is 0 Å². The standard InChI is InChI=1S/C20H25NO7S/c1-3-26-18(20(22)23)13-16-7-10-19(21-14-16)27-12-11-15-5-8-17(9-6-15)28-29(24,25)4-2/h5-10,14,18H,3-4,11-13H2,1-2H3,(H,22,23). The summed E-state index contributed by atoms with van der Waals surface area (Å²) >= 11 is 0. The molecule has 1 unspecified atom stereocenters. The van der Waals surface area contributed by atoms with Gasteiger partial charge in [0.25, 0.3) is 0 Å². The molecule has 158 valence electrons. The molecule has 0 saturated carbocycles. The molecule has 0 amide bonds. The summed E-state index contributed by atoms with van der Waals surface area (Å²) in [7, 11) is -3.53. The summed E-state index contributed by atoms with van der Waals surface area (Å²) in [6, 6.07) is 10.2. The lowest BCUT2D eigenvalue weighted by atomic mass is 10.1. The maximum atomic E-state index is 11.4. The molecule has 1 atom stereocenters. The Balaban J connectivity index is 1.82. The Bertz CT molecular complexity index is 880. The topological polar surface area (TPSA) is 112 Å². The minimum atomic E-state index is -3.53. The Morgan fingerprint density at radius 3 is 2.34 bits per heavy atom. The van der Waals surface area contributed by atoms with E-state index in [9.17, 15) is 13.2 Å². The van der Waals surface area contributed by atoms with Crippen LogP contribution in [0.4, 0.5) is 0 Å². The van der Waals surface area contributed by atoms with Crippen molar-refractivity contribution < 1.29 is 32.0 Å². The molecular weight excluding hydrogens is 398 g/mol. The summed E-state index contributed by atoms with van der Waals surface area (Å²) in [5.74, 6) is -0.376. The number of rotatable bonds is 12. The molecule has 0 radical (unpaired) electrons. The molecule has 0 aliphatic rings. The van der Waals surface area contributed by atoms with Gasteiger partial charge in [0.15, 0.2) is 6.10 Å². The lowest BCUT2D eigenvalue weighted by Crippen LogP contribution is -2.26. The number of aromatic nitrogens is 1. The van der Waals surface area contributed by atoms with Crippen molar-refractivity contribution in [1.82, 2.24) is 4.98 Å². The number of ether oxygens (including phenoxy) is 2. The number of hydrogen-bond acceptors (Lipinski definition) is 7. The number of aliphatic carboxylic acids is 1. The Hall–Kier alpha value is -2.65. The van der Waals surface area contributed by atoms with Gasteiger partial charge in [-0.05, 0) is 37.1 Å². The van der Waals surface area contributed by atoms with E-state index in [1.54, 1.807) is 49.5 Å². The van der Waals surface area contributed by atoms with Gasteiger partial charge in [-0.2, -0.15) is 8.42 Å². The van der Waals surface area contributed by atoms with Crippen molar-refractivity contribution in [2.75, 3.05) is 19.0 Å². The normalized spacial score (nSPS) is 12.3. The Kier molecular flexibility index (Phi) is 8.41. The van der Waals surface area contributed by atoms with Crippen LogP contribution in [0.25, 0.3) is 0 Å². The number of carboxylic acids is 1. The van der Waals surface area contributed by atoms with Gasteiger partial charge < -0.3 is 18.8 Å². The van der Waals surface area contributed by atoms with Gasteiger partial charge in [-0.25, -0.2) is 9.78 Å². The first kappa shape index (κ1) is 22.6. The molecule has 1 aromatic heterocycles. The summed E-state index contributed by atoms with van der Waals surface area (Å²) in [5.41, 5.74) is 1.71. The molecule has 9 heteroatoms. The van der Waals surface area contributed by atoms with Crippen LogP contribution in [-0.4, -0.2) is 49.5 Å². The lowest BCUT2D eigenvalue weighted by Gasteiger charge is -2.12. The molecule has 1 N–H and O–H groups in total. The highest BCUT2D eigenvalue weighted by atomic mass is 32.2. The summed E-state index contributed by atoms with van der Waals surface area (Å²) < 4.78 is 38.6. The van der Waals surface area contributed by atoms with Crippen molar-refractivity contribution >= 4 is 16.1 Å². The van der Waals surface area contributed by atoms with E-state index in [0.717, 1.165) is 11.1 Å². The molecule has 0 aliphatic heterocycles. The Morgan fingerprint density at radius 2 is 1.79 bits per heavy atom. The number of benzene rings is 1. The van der Waals surface area contributed by atoms with Crippen LogP contribution in [0.2, 0.25) is 0 Å². The van der Waals surface area contributed by atoms with Crippen LogP contribution in [0.5, 0.6) is 11.6 Å². The second-order valence-corrected chi connectivity index (χ2v) is 8.02. The fourth-order valence-electron chi connectivity index (χ4n) is 2.44. The third kappa shape index (κ3) is 7.71. The van der Waals surface area contributed by atoms with Gasteiger partial charge in [-0.3, -0.25) is 0 Å². The van der Waals surface area contributed by atoms with E-state index in [-0.39, 0.29) is 17.9 Å². The third-order valence-electron chi connectivity index (χ3n) is 4.00. The summed E-state index contributed by atoms with van der Waals surface area (Å²) in [5, 5.41) is 9.12. The van der Waals surface area contributed by atoms with Crippen molar-refractivity contribution in [2.24, 2.45) is 0 Å². The predicted molar refractivity (Wildman–Crippen MR) is 107 cm³/mol. The average molecular weight is 423 g/mol. The van der Waals surface area contributed by atoms with Crippen LogP contribution in [0, 0.1) is 0 Å². The molecule has 1 heterocycles. The second kappa shape index (κ2) is 10.8. The fourth-order valence-corrected chi connectivity index (χ4v) is 2.96. The molecule has 0 fully saturated rings. The van der Waals surface area contributed by atoms with Gasteiger partial charge in [0.2, 0.25) is 5.88 Å². The largest absolute Gasteiger partial charge is 0.479 e. The van der Waals surface area contributed by atoms with Crippen molar-refractivity contribution in [3.63, 3.8) is 0 Å². The van der Waals surface area contributed by atoms with Crippen LogP contribution in [-0.2, 0) is 32.5 Å². The zero-order valence-electron chi connectivity index (χ0n) is 16.4. The van der Waals surface area contributed by atoms with Gasteiger partial charge in [0, 0.05) is 31.7 Å². The van der Waals surface area contributed by atoms with Gasteiger partial charge in [0.1, 0.15) is 5.75 Å². The molecule has 2 aromatic rings. The SMILES string of the molecule is CCOC(Cc1ccc(OCCc2ccc(OS(=O)(=O)CC)cc2)nc1)C(=O)O. The molecule has 29 heavy (non-hydrogen) atoms. The van der Waals surface area contributed by atoms with E-state index in [1.165, 1.54) is 6.92 Å². The van der Waals surface area contributed by atoms with Crippen molar-refractivity contribution in [2.45, 2.75) is 32.8 Å². The van der Waals surface area contributed by atoms with Crippen LogP contribution in [0.15, 0.2) is 42.6 Å². The quantitative estimate of drug-likeness (QED) is 0.518. The van der Waals surface area contributed by atoms with E-state index >= 15 is 0 Å². The van der Waals surface area contributed by atoms with Crippen LogP contribution in [0.1, 0.15) is 25.0 Å². The minimum Gasteiger partial charge on any atom is -0.479 e. The van der Waals surface area contributed by atoms with E-state index in [1.807, 2.05) is 0 Å².